The summed E-state index contributed by atoms with van der Waals surface area (Å²) in [6.45, 7) is 1.94. The predicted molar refractivity (Wildman–Crippen MR) is 118 cm³/mol. The number of nitrogens with zero attached hydrogens (tertiary/aromatic N) is 1. The summed E-state index contributed by atoms with van der Waals surface area (Å²) in [6.07, 6.45) is 0.130. The van der Waals surface area contributed by atoms with Gasteiger partial charge in [0.05, 0.1) is 34.6 Å². The largest absolute Gasteiger partial charge is 0.495 e. The molecule has 0 radical (unpaired) electrons. The fourth-order valence-corrected chi connectivity index (χ4v) is 4.32. The maximum Gasteiger partial charge on any atom is 0.234 e. The Morgan fingerprint density at radius 1 is 1.37 bits per heavy atom. The number of benzene rings is 2. The van der Waals surface area contributed by atoms with E-state index in [9.17, 15) is 14.9 Å². The first-order chi connectivity index (χ1) is 14.4. The molecule has 0 bridgehead atoms. The number of amides is 2. The molecule has 154 valence electrons. The highest BCUT2D eigenvalue weighted by atomic mass is 35.5. The number of ether oxygens (including phenoxy) is 1. The first kappa shape index (κ1) is 21.8. The van der Waals surface area contributed by atoms with Crippen molar-refractivity contribution in [2.75, 3.05) is 18.2 Å². The Kier molecular flexibility index (Phi) is 7.03. The number of rotatable bonds is 6. The fourth-order valence-electron chi connectivity index (χ4n) is 3.17. The van der Waals surface area contributed by atoms with E-state index < -0.39 is 5.92 Å². The van der Waals surface area contributed by atoms with Gasteiger partial charge in [0.2, 0.25) is 11.8 Å². The van der Waals surface area contributed by atoms with E-state index in [1.165, 1.54) is 7.11 Å². The molecule has 0 spiro atoms. The first-order valence-electron chi connectivity index (χ1n) is 9.18. The van der Waals surface area contributed by atoms with Crippen molar-refractivity contribution in [2.45, 2.75) is 19.3 Å². The first-order valence-corrected chi connectivity index (χ1v) is 10.5. The van der Waals surface area contributed by atoms with E-state index in [1.807, 2.05) is 25.1 Å². The summed E-state index contributed by atoms with van der Waals surface area (Å²) in [5.41, 5.74) is 2.89. The number of hydrogen-bond donors (Lipinski definition) is 2. The highest BCUT2D eigenvalue weighted by Gasteiger charge is 2.30. The molecule has 0 fully saturated rings. The van der Waals surface area contributed by atoms with E-state index in [0.29, 0.717) is 27.1 Å². The van der Waals surface area contributed by atoms with Gasteiger partial charge in [-0.05, 0) is 42.3 Å². The smallest absolute Gasteiger partial charge is 0.234 e. The number of allylic oxidation sites excluding steroid dienone is 1. The zero-order chi connectivity index (χ0) is 21.7. The maximum atomic E-state index is 12.3. The van der Waals surface area contributed by atoms with Crippen molar-refractivity contribution < 1.29 is 14.3 Å². The molecule has 1 aliphatic rings. The normalized spacial score (nSPS) is 15.9. The molecule has 2 amide bonds. The van der Waals surface area contributed by atoms with Crippen LogP contribution in [-0.2, 0) is 9.59 Å². The van der Waals surface area contributed by atoms with Gasteiger partial charge in [-0.25, -0.2) is 0 Å². The van der Waals surface area contributed by atoms with Gasteiger partial charge in [0, 0.05) is 18.0 Å². The van der Waals surface area contributed by atoms with E-state index in [0.717, 1.165) is 22.9 Å². The number of nitriles is 1. The average molecular weight is 442 g/mol. The third-order valence-corrected chi connectivity index (χ3v) is 5.90. The van der Waals surface area contributed by atoms with Gasteiger partial charge in [0.1, 0.15) is 5.75 Å². The van der Waals surface area contributed by atoms with Crippen LogP contribution in [-0.4, -0.2) is 24.7 Å². The molecule has 0 saturated heterocycles. The summed E-state index contributed by atoms with van der Waals surface area (Å²) in [7, 11) is 1.52. The highest BCUT2D eigenvalue weighted by molar-refractivity contribution is 8.03. The monoisotopic (exact) mass is 441 g/mol. The number of carbonyl (C=O) groups is 2. The molecular weight excluding hydrogens is 422 g/mol. The van der Waals surface area contributed by atoms with Crippen LogP contribution in [0.1, 0.15) is 23.5 Å². The minimum atomic E-state index is -0.436. The fraction of sp³-hybridized carbons (Fsp3) is 0.227. The highest BCUT2D eigenvalue weighted by Crippen LogP contribution is 2.38. The van der Waals surface area contributed by atoms with Gasteiger partial charge in [-0.15, -0.1) is 0 Å². The molecule has 8 heteroatoms. The van der Waals surface area contributed by atoms with Crippen molar-refractivity contribution >= 4 is 40.9 Å². The Morgan fingerprint density at radius 3 is 2.83 bits per heavy atom. The third kappa shape index (κ3) is 5.15. The van der Waals surface area contributed by atoms with Crippen molar-refractivity contribution in [1.29, 1.82) is 5.26 Å². The molecule has 2 aromatic carbocycles. The van der Waals surface area contributed by atoms with Gasteiger partial charge in [-0.2, -0.15) is 5.26 Å². The van der Waals surface area contributed by atoms with Crippen molar-refractivity contribution in [3.05, 3.63) is 69.2 Å². The lowest BCUT2D eigenvalue weighted by Crippen LogP contribution is -2.31. The van der Waals surface area contributed by atoms with Crippen LogP contribution in [0, 0.1) is 18.3 Å². The molecule has 6 nitrogen and oxygen atoms in total. The number of carbonyl (C=O) groups excluding carboxylic acids is 2. The number of anilines is 1. The van der Waals surface area contributed by atoms with E-state index >= 15 is 0 Å². The molecule has 1 aliphatic heterocycles. The van der Waals surface area contributed by atoms with Crippen molar-refractivity contribution in [2.24, 2.45) is 0 Å². The summed E-state index contributed by atoms with van der Waals surface area (Å²) < 4.78 is 5.17. The Morgan fingerprint density at radius 2 is 2.17 bits per heavy atom. The van der Waals surface area contributed by atoms with Crippen molar-refractivity contribution in [3.63, 3.8) is 0 Å². The number of halogens is 1. The van der Waals surface area contributed by atoms with Gasteiger partial charge in [0.15, 0.2) is 0 Å². The topological polar surface area (TPSA) is 91.2 Å². The molecule has 2 aromatic rings. The summed E-state index contributed by atoms with van der Waals surface area (Å²) in [4.78, 5) is 24.6. The molecule has 30 heavy (non-hydrogen) atoms. The standard InChI is InChI=1S/C22H20ClN3O3S/c1-13-4-3-5-15(8-13)25-21(28)12-30-22-17(11-24)16(10-20(27)26-22)14-6-7-19(29-2)18(23)9-14/h3-9,16H,10,12H2,1-2H3,(H,25,28)(H,26,27)/t16-/m1/s1. The van der Waals surface area contributed by atoms with Crippen LogP contribution in [0.4, 0.5) is 5.69 Å². The number of thioether (sulfide) groups is 1. The Hall–Kier alpha value is -2.95. The second-order valence-corrected chi connectivity index (χ2v) is 8.15. The maximum absolute atomic E-state index is 12.3. The van der Waals surface area contributed by atoms with Gasteiger partial charge < -0.3 is 15.4 Å². The van der Waals surface area contributed by atoms with Crippen LogP contribution in [0.25, 0.3) is 0 Å². The summed E-state index contributed by atoms with van der Waals surface area (Å²) in [5, 5.41) is 16.1. The molecule has 1 atom stereocenters. The SMILES string of the molecule is COc1ccc([C@H]2CC(=O)NC(SCC(=O)Nc3cccc(C)c3)=C2C#N)cc1Cl. The van der Waals surface area contributed by atoms with Crippen LogP contribution in [0.3, 0.4) is 0 Å². The zero-order valence-electron chi connectivity index (χ0n) is 16.5. The Bertz CT molecular complexity index is 1060. The lowest BCUT2D eigenvalue weighted by Gasteiger charge is -2.25. The molecule has 3 rings (SSSR count). The molecular formula is C22H20ClN3O3S. The van der Waals surface area contributed by atoms with Gasteiger partial charge in [-0.3, -0.25) is 9.59 Å². The Labute approximate surface area is 184 Å². The lowest BCUT2D eigenvalue weighted by molar-refractivity contribution is -0.121. The van der Waals surface area contributed by atoms with Crippen LogP contribution < -0.4 is 15.4 Å². The molecule has 0 aliphatic carbocycles. The quantitative estimate of drug-likeness (QED) is 0.694. The number of aryl methyl sites for hydroxylation is 1. The van der Waals surface area contributed by atoms with Crippen molar-refractivity contribution in [1.82, 2.24) is 5.32 Å². The van der Waals surface area contributed by atoms with E-state index in [2.05, 4.69) is 16.7 Å². The number of hydrogen-bond acceptors (Lipinski definition) is 5. The van der Waals surface area contributed by atoms with E-state index in [1.54, 1.807) is 24.3 Å². The van der Waals surface area contributed by atoms with Gasteiger partial charge in [0.25, 0.3) is 0 Å². The van der Waals surface area contributed by atoms with Crippen LogP contribution >= 0.6 is 23.4 Å². The van der Waals surface area contributed by atoms with Gasteiger partial charge in [-0.1, -0.05) is 41.6 Å². The number of methoxy groups -OCH3 is 1. The third-order valence-electron chi connectivity index (χ3n) is 4.58. The second-order valence-electron chi connectivity index (χ2n) is 6.76. The minimum Gasteiger partial charge on any atom is -0.495 e. The van der Waals surface area contributed by atoms with Crippen LogP contribution in [0.2, 0.25) is 5.02 Å². The molecule has 0 saturated carbocycles. The molecule has 1 heterocycles. The molecule has 0 unspecified atom stereocenters. The molecule has 2 N–H and O–H groups in total. The van der Waals surface area contributed by atoms with E-state index in [4.69, 9.17) is 16.3 Å². The zero-order valence-corrected chi connectivity index (χ0v) is 18.1. The summed E-state index contributed by atoms with van der Waals surface area (Å²) >= 11 is 7.35. The van der Waals surface area contributed by atoms with Gasteiger partial charge >= 0.3 is 0 Å². The lowest BCUT2D eigenvalue weighted by atomic mass is 9.87. The Balaban J connectivity index is 1.78. The summed E-state index contributed by atoms with van der Waals surface area (Å²) in [6, 6.07) is 14.9. The molecule has 0 aromatic heterocycles. The predicted octanol–water partition coefficient (Wildman–Crippen LogP) is 4.37. The minimum absolute atomic E-state index is 0.0603. The second kappa shape index (κ2) is 9.70. The van der Waals surface area contributed by atoms with Crippen molar-refractivity contribution in [3.8, 4) is 11.8 Å². The summed E-state index contributed by atoms with van der Waals surface area (Å²) in [5.74, 6) is -0.294. The average Bonchev–Trinajstić information content (AvgIpc) is 2.71. The van der Waals surface area contributed by atoms with E-state index in [-0.39, 0.29) is 24.0 Å². The van der Waals surface area contributed by atoms with Crippen LogP contribution in [0.15, 0.2) is 53.1 Å². The number of nitrogens with one attached hydrogen (secondary N) is 2. The van der Waals surface area contributed by atoms with Crippen LogP contribution in [0.5, 0.6) is 5.75 Å².